The van der Waals surface area contributed by atoms with Gasteiger partial charge in [-0.25, -0.2) is 9.78 Å². The minimum Gasteiger partial charge on any atom is -0.465 e. The van der Waals surface area contributed by atoms with Gasteiger partial charge >= 0.3 is 5.97 Å². The third-order valence-corrected chi connectivity index (χ3v) is 4.25. The van der Waals surface area contributed by atoms with Gasteiger partial charge in [-0.05, 0) is 39.8 Å². The highest BCUT2D eigenvalue weighted by atomic mass is 16.5. The van der Waals surface area contributed by atoms with Crippen LogP contribution in [0.15, 0.2) is 28.7 Å². The summed E-state index contributed by atoms with van der Waals surface area (Å²) in [6, 6.07) is 6.58. The van der Waals surface area contributed by atoms with E-state index in [1.54, 1.807) is 49.9 Å². The molecule has 1 N–H and O–H groups in total. The topological polar surface area (TPSA) is 92.9 Å². The van der Waals surface area contributed by atoms with Crippen molar-refractivity contribution < 1.29 is 23.8 Å². The van der Waals surface area contributed by atoms with E-state index >= 15 is 0 Å². The smallest absolute Gasteiger partial charge is 0.338 e. The van der Waals surface area contributed by atoms with E-state index < -0.39 is 11.6 Å². The summed E-state index contributed by atoms with van der Waals surface area (Å²) in [5.41, 5.74) is -0.0689. The Kier molecular flexibility index (Phi) is 6.38. The van der Waals surface area contributed by atoms with Gasteiger partial charge in [-0.1, -0.05) is 12.1 Å². The molecule has 7 nitrogen and oxygen atoms in total. The van der Waals surface area contributed by atoms with Crippen molar-refractivity contribution in [2.24, 2.45) is 0 Å². The van der Waals surface area contributed by atoms with Crippen LogP contribution in [0.3, 0.4) is 0 Å². The van der Waals surface area contributed by atoms with Crippen LogP contribution in [0.5, 0.6) is 0 Å². The van der Waals surface area contributed by atoms with Gasteiger partial charge in [0.05, 0.1) is 18.2 Å². The van der Waals surface area contributed by atoms with Crippen molar-refractivity contribution in [2.75, 3.05) is 20.2 Å². The fourth-order valence-corrected chi connectivity index (χ4v) is 2.89. The van der Waals surface area contributed by atoms with E-state index in [4.69, 9.17) is 9.15 Å². The van der Waals surface area contributed by atoms with Crippen LogP contribution < -0.4 is 0 Å². The van der Waals surface area contributed by atoms with E-state index in [2.05, 4.69) is 4.98 Å². The molecule has 0 spiro atoms. The molecule has 146 valence electrons. The van der Waals surface area contributed by atoms with Gasteiger partial charge in [-0.3, -0.25) is 4.79 Å². The van der Waals surface area contributed by atoms with Crippen LogP contribution in [-0.4, -0.2) is 47.1 Å². The molecule has 1 aromatic heterocycles. The first-order valence-corrected chi connectivity index (χ1v) is 8.84. The zero-order valence-corrected chi connectivity index (χ0v) is 16.4. The normalized spacial score (nSPS) is 11.3. The van der Waals surface area contributed by atoms with Gasteiger partial charge < -0.3 is 19.2 Å². The summed E-state index contributed by atoms with van der Waals surface area (Å²) in [6.07, 6.45) is 0.400. The molecule has 0 aliphatic rings. The second kappa shape index (κ2) is 8.35. The fraction of sp³-hybridized carbons (Fsp3) is 0.450. The highest BCUT2D eigenvalue weighted by molar-refractivity contribution is 6.05. The predicted octanol–water partition coefficient (Wildman–Crippen LogP) is 2.70. The minimum absolute atomic E-state index is 0.236. The number of benzene rings is 1. The molecular weight excluding hydrogens is 348 g/mol. The number of aromatic nitrogens is 1. The number of carbonyl (C=O) groups excluding carboxylic acids is 2. The summed E-state index contributed by atoms with van der Waals surface area (Å²) in [4.78, 5) is 30.8. The zero-order chi connectivity index (χ0) is 20.2. The number of likely N-dealkylation sites (N-methyl/N-ethyl adjacent to an activating group) is 1. The molecule has 27 heavy (non-hydrogen) atoms. The van der Waals surface area contributed by atoms with Crippen molar-refractivity contribution in [3.8, 4) is 0 Å². The monoisotopic (exact) mass is 374 g/mol. The van der Waals surface area contributed by atoms with E-state index in [1.165, 1.54) is 7.11 Å². The maximum atomic E-state index is 12.9. The maximum absolute atomic E-state index is 12.9. The van der Waals surface area contributed by atoms with E-state index in [-0.39, 0.29) is 11.5 Å². The van der Waals surface area contributed by atoms with Crippen molar-refractivity contribution >= 4 is 11.9 Å². The summed E-state index contributed by atoms with van der Waals surface area (Å²) in [6.45, 7) is 7.74. The minimum atomic E-state index is -1.09. The number of nitrogens with zero attached hydrogens (tertiary/aromatic N) is 2. The molecule has 0 fully saturated rings. The van der Waals surface area contributed by atoms with Crippen molar-refractivity contribution in [2.45, 2.75) is 39.7 Å². The molecule has 7 heteroatoms. The van der Waals surface area contributed by atoms with Crippen LogP contribution in [0.25, 0.3) is 0 Å². The summed E-state index contributed by atoms with van der Waals surface area (Å²) in [5, 5.41) is 10.1. The van der Waals surface area contributed by atoms with Gasteiger partial charge in [0.2, 0.25) is 0 Å². The molecule has 0 saturated heterocycles. The SMILES string of the molecule is CCN(CCc1nc(C(C)(C)O)c(C)o1)C(=O)c1ccccc1C(=O)OC. The summed E-state index contributed by atoms with van der Waals surface area (Å²) < 4.78 is 10.4. The van der Waals surface area contributed by atoms with E-state index in [0.29, 0.717) is 42.4 Å². The van der Waals surface area contributed by atoms with Gasteiger partial charge in [0, 0.05) is 19.5 Å². The van der Waals surface area contributed by atoms with Gasteiger partial charge in [-0.2, -0.15) is 0 Å². The lowest BCUT2D eigenvalue weighted by Crippen LogP contribution is -2.34. The molecule has 0 unspecified atom stereocenters. The lowest BCUT2D eigenvalue weighted by Gasteiger charge is -2.21. The first kappa shape index (κ1) is 20.6. The molecule has 0 bridgehead atoms. The van der Waals surface area contributed by atoms with Crippen molar-refractivity contribution in [3.63, 3.8) is 0 Å². The Morgan fingerprint density at radius 2 is 1.89 bits per heavy atom. The Balaban J connectivity index is 2.17. The highest BCUT2D eigenvalue weighted by Gasteiger charge is 2.25. The lowest BCUT2D eigenvalue weighted by atomic mass is 10.0. The van der Waals surface area contributed by atoms with Crippen molar-refractivity contribution in [1.82, 2.24) is 9.88 Å². The first-order valence-electron chi connectivity index (χ1n) is 8.84. The molecule has 1 aromatic carbocycles. The van der Waals surface area contributed by atoms with Crippen molar-refractivity contribution in [1.29, 1.82) is 0 Å². The van der Waals surface area contributed by atoms with E-state index in [1.807, 2.05) is 6.92 Å². The third-order valence-electron chi connectivity index (χ3n) is 4.25. The van der Waals surface area contributed by atoms with Crippen LogP contribution in [0.1, 0.15) is 58.8 Å². The standard InChI is InChI=1S/C20H26N2O5/c1-6-22(12-11-16-21-17(13(2)27-16)20(3,4)25)18(23)14-9-7-8-10-15(14)19(24)26-5/h7-10,25H,6,11-12H2,1-5H3. The second-order valence-corrected chi connectivity index (χ2v) is 6.74. The summed E-state index contributed by atoms with van der Waals surface area (Å²) in [7, 11) is 1.28. The zero-order valence-electron chi connectivity index (χ0n) is 16.4. The van der Waals surface area contributed by atoms with Crippen LogP contribution >= 0.6 is 0 Å². The molecule has 0 aliphatic carbocycles. The van der Waals surface area contributed by atoms with Gasteiger partial charge in [0.25, 0.3) is 5.91 Å². The highest BCUT2D eigenvalue weighted by Crippen LogP contribution is 2.23. The number of oxazole rings is 1. The molecule has 2 rings (SSSR count). The Labute approximate surface area is 159 Å². The molecule has 0 aliphatic heterocycles. The largest absolute Gasteiger partial charge is 0.465 e. The number of amides is 1. The number of aryl methyl sites for hydroxylation is 1. The number of rotatable bonds is 7. The van der Waals surface area contributed by atoms with Gasteiger partial charge in [0.1, 0.15) is 17.1 Å². The molecule has 0 radical (unpaired) electrons. The number of hydrogen-bond acceptors (Lipinski definition) is 6. The maximum Gasteiger partial charge on any atom is 0.338 e. The third kappa shape index (κ3) is 4.74. The number of ether oxygens (including phenoxy) is 1. The average Bonchev–Trinajstić information content (AvgIpc) is 3.02. The van der Waals surface area contributed by atoms with E-state index in [0.717, 1.165) is 0 Å². The van der Waals surface area contributed by atoms with Crippen LogP contribution in [0, 0.1) is 6.92 Å². The molecule has 1 amide bonds. The molecular formula is C20H26N2O5. The second-order valence-electron chi connectivity index (χ2n) is 6.74. The Morgan fingerprint density at radius 3 is 2.41 bits per heavy atom. The number of carbonyl (C=O) groups is 2. The number of hydrogen-bond donors (Lipinski definition) is 1. The molecule has 0 atom stereocenters. The Morgan fingerprint density at radius 1 is 1.26 bits per heavy atom. The Bertz CT molecular complexity index is 820. The van der Waals surface area contributed by atoms with Crippen LogP contribution in [0.2, 0.25) is 0 Å². The van der Waals surface area contributed by atoms with Crippen LogP contribution in [-0.2, 0) is 16.8 Å². The van der Waals surface area contributed by atoms with Gasteiger partial charge in [-0.15, -0.1) is 0 Å². The Hall–Kier alpha value is -2.67. The number of aliphatic hydroxyl groups is 1. The molecule has 1 heterocycles. The van der Waals surface area contributed by atoms with Crippen LogP contribution in [0.4, 0.5) is 0 Å². The summed E-state index contributed by atoms with van der Waals surface area (Å²) >= 11 is 0. The molecule has 2 aromatic rings. The summed E-state index contributed by atoms with van der Waals surface area (Å²) in [5.74, 6) is 0.206. The fourth-order valence-electron chi connectivity index (χ4n) is 2.89. The molecule has 0 saturated carbocycles. The average molecular weight is 374 g/mol. The van der Waals surface area contributed by atoms with Gasteiger partial charge in [0.15, 0.2) is 5.89 Å². The quantitative estimate of drug-likeness (QED) is 0.749. The van der Waals surface area contributed by atoms with E-state index in [9.17, 15) is 14.7 Å². The number of methoxy groups -OCH3 is 1. The first-order chi connectivity index (χ1) is 12.7. The number of esters is 1. The lowest BCUT2D eigenvalue weighted by molar-refractivity contribution is 0.0590. The predicted molar refractivity (Wildman–Crippen MR) is 99.5 cm³/mol. The van der Waals surface area contributed by atoms with Crippen molar-refractivity contribution in [3.05, 3.63) is 52.7 Å².